The third-order valence-corrected chi connectivity index (χ3v) is 4.79. The topological polar surface area (TPSA) is 84.2 Å². The first-order valence-electron chi connectivity index (χ1n) is 9.61. The monoisotopic (exact) mass is 381 g/mol. The number of amides is 3. The lowest BCUT2D eigenvalue weighted by atomic mass is 9.85. The Morgan fingerprint density at radius 1 is 0.893 bits per heavy atom. The van der Waals surface area contributed by atoms with Gasteiger partial charge in [-0.3, -0.25) is 15.4 Å². The van der Waals surface area contributed by atoms with Crippen molar-refractivity contribution in [1.82, 2.24) is 10.6 Å². The highest BCUT2D eigenvalue weighted by Crippen LogP contribution is 2.29. The zero-order valence-electron chi connectivity index (χ0n) is 17.3. The number of hydrogen-bond acceptors (Lipinski definition) is 3. The molecule has 0 radical (unpaired) electrons. The van der Waals surface area contributed by atoms with Crippen LogP contribution in [0.2, 0.25) is 0 Å². The van der Waals surface area contributed by atoms with Gasteiger partial charge in [-0.25, -0.2) is 4.79 Å². The maximum Gasteiger partial charge on any atom is 0.318 e. The number of urea groups is 1. The number of carbonyl (C=O) groups excluding carboxylic acids is 2. The van der Waals surface area contributed by atoms with E-state index in [2.05, 4.69) is 69.5 Å². The molecular weight excluding hydrogens is 350 g/mol. The van der Waals surface area contributed by atoms with Crippen molar-refractivity contribution in [3.8, 4) is 0 Å². The average Bonchev–Trinajstić information content (AvgIpc) is 2.61. The Kier molecular flexibility index (Phi) is 6.97. The number of imide groups is 1. The lowest BCUT2D eigenvalue weighted by Gasteiger charge is -2.29. The Bertz CT molecular complexity index is 793. The van der Waals surface area contributed by atoms with E-state index in [1.165, 1.54) is 5.56 Å². The summed E-state index contributed by atoms with van der Waals surface area (Å²) in [6.45, 7) is 10.7. The lowest BCUT2D eigenvalue weighted by Crippen LogP contribution is -2.44. The molecule has 2 rings (SSSR count). The summed E-state index contributed by atoms with van der Waals surface area (Å²) in [6, 6.07) is 16.2. The minimum absolute atomic E-state index is 0.0714. The fourth-order valence-corrected chi connectivity index (χ4v) is 3.21. The summed E-state index contributed by atoms with van der Waals surface area (Å²) in [5, 5.41) is 5.63. The van der Waals surface area contributed by atoms with Crippen LogP contribution < -0.4 is 16.4 Å². The van der Waals surface area contributed by atoms with Gasteiger partial charge < -0.3 is 5.73 Å². The normalized spacial score (nSPS) is 13.8. The van der Waals surface area contributed by atoms with E-state index in [9.17, 15) is 9.59 Å². The molecule has 0 heterocycles. The average molecular weight is 382 g/mol. The third kappa shape index (κ3) is 5.67. The van der Waals surface area contributed by atoms with Gasteiger partial charge in [0.25, 0.3) is 0 Å². The van der Waals surface area contributed by atoms with Gasteiger partial charge in [0.15, 0.2) is 0 Å². The molecule has 28 heavy (non-hydrogen) atoms. The van der Waals surface area contributed by atoms with Crippen LogP contribution in [0.4, 0.5) is 4.79 Å². The van der Waals surface area contributed by atoms with Gasteiger partial charge >= 0.3 is 6.03 Å². The van der Waals surface area contributed by atoms with Gasteiger partial charge in [-0.2, -0.15) is 0 Å². The largest absolute Gasteiger partial charge is 0.351 e. The molecule has 2 atom stereocenters. The number of primary amides is 1. The van der Waals surface area contributed by atoms with E-state index in [1.54, 1.807) is 0 Å². The quantitative estimate of drug-likeness (QED) is 0.701. The first-order valence-corrected chi connectivity index (χ1v) is 9.61. The van der Waals surface area contributed by atoms with Crippen molar-refractivity contribution < 1.29 is 9.59 Å². The smallest absolute Gasteiger partial charge is 0.318 e. The Labute approximate surface area is 167 Å². The number of hydrogen-bond donors (Lipinski definition) is 3. The Morgan fingerprint density at radius 2 is 1.46 bits per heavy atom. The number of rotatable bonds is 6. The molecule has 0 spiro atoms. The Morgan fingerprint density at radius 3 is 1.93 bits per heavy atom. The van der Waals surface area contributed by atoms with Crippen LogP contribution >= 0.6 is 0 Å². The van der Waals surface area contributed by atoms with E-state index in [-0.39, 0.29) is 17.4 Å². The number of nitrogens with one attached hydrogen (secondary N) is 2. The van der Waals surface area contributed by atoms with E-state index in [4.69, 9.17) is 5.73 Å². The number of carbonyl (C=O) groups is 2. The van der Waals surface area contributed by atoms with Crippen molar-refractivity contribution in [2.45, 2.75) is 52.1 Å². The first kappa shape index (κ1) is 21.6. The molecular formula is C23H31N3O2. The van der Waals surface area contributed by atoms with Gasteiger partial charge in [-0.15, -0.1) is 0 Å². The van der Waals surface area contributed by atoms with E-state index in [1.807, 2.05) is 30.3 Å². The maximum atomic E-state index is 12.7. The van der Waals surface area contributed by atoms with Crippen molar-refractivity contribution in [1.29, 1.82) is 0 Å². The summed E-state index contributed by atoms with van der Waals surface area (Å²) in [5.41, 5.74) is 8.37. The molecule has 5 heteroatoms. The van der Waals surface area contributed by atoms with Crippen molar-refractivity contribution in [3.05, 3.63) is 71.3 Å². The second kappa shape index (κ2) is 9.02. The zero-order valence-corrected chi connectivity index (χ0v) is 17.3. The zero-order chi connectivity index (χ0) is 20.9. The minimum atomic E-state index is -0.858. The molecule has 4 N–H and O–H groups in total. The lowest BCUT2D eigenvalue weighted by molar-refractivity contribution is -0.122. The van der Waals surface area contributed by atoms with Crippen LogP contribution in [-0.4, -0.2) is 11.9 Å². The molecule has 0 aliphatic carbocycles. The molecule has 0 aliphatic heterocycles. The molecule has 0 aromatic heterocycles. The standard InChI is InChI=1S/C23H31N3O2/c1-15(2)19(17-11-13-18(14-12-17)23(3,4)5)25-20(21(27)26-22(24)28)16-9-7-6-8-10-16/h6-15,19-20,25H,1-5H3,(H3,24,26,27,28)/t19-,20+/m0/s1. The van der Waals surface area contributed by atoms with Gasteiger partial charge in [-0.1, -0.05) is 89.2 Å². The van der Waals surface area contributed by atoms with E-state index in [0.29, 0.717) is 0 Å². The summed E-state index contributed by atoms with van der Waals surface area (Å²) in [6.07, 6.45) is 0. The predicted octanol–water partition coefficient (Wildman–Crippen LogP) is 4.21. The fraction of sp³-hybridized carbons (Fsp3) is 0.391. The second-order valence-corrected chi connectivity index (χ2v) is 8.46. The molecule has 3 amide bonds. The van der Waals surface area contributed by atoms with E-state index < -0.39 is 18.0 Å². The van der Waals surface area contributed by atoms with Crippen LogP contribution in [0.15, 0.2) is 54.6 Å². The highest BCUT2D eigenvalue weighted by atomic mass is 16.2. The van der Waals surface area contributed by atoms with Gasteiger partial charge in [0.05, 0.1) is 0 Å². The number of nitrogens with two attached hydrogens (primary N) is 1. The minimum Gasteiger partial charge on any atom is -0.351 e. The van der Waals surface area contributed by atoms with E-state index in [0.717, 1.165) is 11.1 Å². The molecule has 150 valence electrons. The van der Waals surface area contributed by atoms with Crippen LogP contribution in [0, 0.1) is 5.92 Å². The van der Waals surface area contributed by atoms with Crippen molar-refractivity contribution >= 4 is 11.9 Å². The van der Waals surface area contributed by atoms with Crippen molar-refractivity contribution in [2.75, 3.05) is 0 Å². The number of benzene rings is 2. The highest BCUT2D eigenvalue weighted by Gasteiger charge is 2.27. The Hall–Kier alpha value is -2.66. The van der Waals surface area contributed by atoms with Crippen LogP contribution in [0.1, 0.15) is 63.4 Å². The van der Waals surface area contributed by atoms with Crippen molar-refractivity contribution in [3.63, 3.8) is 0 Å². The summed E-state index contributed by atoms with van der Waals surface area (Å²) in [4.78, 5) is 23.9. The summed E-state index contributed by atoms with van der Waals surface area (Å²) < 4.78 is 0. The van der Waals surface area contributed by atoms with Gasteiger partial charge in [0.2, 0.25) is 5.91 Å². The molecule has 2 aromatic carbocycles. The molecule has 5 nitrogen and oxygen atoms in total. The summed E-state index contributed by atoms with van der Waals surface area (Å²) in [7, 11) is 0. The van der Waals surface area contributed by atoms with Gasteiger partial charge in [-0.05, 0) is 28.0 Å². The summed E-state index contributed by atoms with van der Waals surface area (Å²) in [5.74, 6) is -0.233. The maximum absolute atomic E-state index is 12.7. The van der Waals surface area contributed by atoms with Crippen LogP contribution in [0.3, 0.4) is 0 Å². The van der Waals surface area contributed by atoms with Crippen molar-refractivity contribution in [2.24, 2.45) is 11.7 Å². The highest BCUT2D eigenvalue weighted by molar-refractivity contribution is 5.96. The van der Waals surface area contributed by atoms with Crippen LogP contribution in [-0.2, 0) is 10.2 Å². The molecule has 0 saturated carbocycles. The SMILES string of the molecule is CC(C)[C@H](N[C@@H](C(=O)NC(N)=O)c1ccccc1)c1ccc(C(C)(C)C)cc1. The Balaban J connectivity index is 2.35. The molecule has 0 saturated heterocycles. The summed E-state index contributed by atoms with van der Waals surface area (Å²) >= 11 is 0. The second-order valence-electron chi connectivity index (χ2n) is 8.46. The third-order valence-electron chi connectivity index (χ3n) is 4.79. The molecule has 0 unspecified atom stereocenters. The molecule has 0 fully saturated rings. The molecule has 0 bridgehead atoms. The van der Waals surface area contributed by atoms with Crippen LogP contribution in [0.25, 0.3) is 0 Å². The van der Waals surface area contributed by atoms with Gasteiger partial charge in [0.1, 0.15) is 6.04 Å². The fourth-order valence-electron chi connectivity index (χ4n) is 3.21. The first-order chi connectivity index (χ1) is 13.1. The van der Waals surface area contributed by atoms with E-state index >= 15 is 0 Å². The molecule has 2 aromatic rings. The van der Waals surface area contributed by atoms with Crippen LogP contribution in [0.5, 0.6) is 0 Å². The predicted molar refractivity (Wildman–Crippen MR) is 113 cm³/mol. The van der Waals surface area contributed by atoms with Gasteiger partial charge in [0, 0.05) is 6.04 Å². The molecule has 0 aliphatic rings.